The molecule has 2 aromatic heterocycles. The molecule has 31 heavy (non-hydrogen) atoms. The van der Waals surface area contributed by atoms with E-state index in [9.17, 15) is 14.0 Å². The first-order valence-electron chi connectivity index (χ1n) is 9.31. The lowest BCUT2D eigenvalue weighted by atomic mass is 10.2. The summed E-state index contributed by atoms with van der Waals surface area (Å²) in [6.07, 6.45) is 0.179. The Bertz CT molecular complexity index is 1290. The minimum absolute atomic E-state index is 0.179. The Kier molecular flexibility index (Phi) is 5.99. The van der Waals surface area contributed by atoms with Gasteiger partial charge in [-0.3, -0.25) is 14.3 Å². The molecule has 10 heteroatoms. The summed E-state index contributed by atoms with van der Waals surface area (Å²) in [5, 5.41) is 9.07. The fourth-order valence-corrected chi connectivity index (χ4v) is 4.00. The molecular weight excluding hydrogens is 421 g/mol. The summed E-state index contributed by atoms with van der Waals surface area (Å²) >= 11 is 1.34. The van der Waals surface area contributed by atoms with Crippen LogP contribution in [0.2, 0.25) is 0 Å². The van der Waals surface area contributed by atoms with E-state index in [-0.39, 0.29) is 12.2 Å². The molecule has 4 aromatic rings. The Labute approximate surface area is 180 Å². The Balaban J connectivity index is 1.71. The van der Waals surface area contributed by atoms with Crippen molar-refractivity contribution in [2.75, 3.05) is 7.11 Å². The second kappa shape index (κ2) is 9.00. The molecule has 0 bridgehead atoms. The SMILES string of the molecule is COc1ccc(-n2c(Cc3cc(=O)[nH]c(=O)[nH]3)nnc2SCc2ccccc2F)cc1. The van der Waals surface area contributed by atoms with Gasteiger partial charge in [-0.2, -0.15) is 0 Å². The molecule has 0 fully saturated rings. The summed E-state index contributed by atoms with van der Waals surface area (Å²) in [6.45, 7) is 0. The molecule has 0 radical (unpaired) electrons. The average Bonchev–Trinajstić information content (AvgIpc) is 3.14. The summed E-state index contributed by atoms with van der Waals surface area (Å²) in [5.41, 5.74) is 0.637. The molecule has 2 aromatic carbocycles. The van der Waals surface area contributed by atoms with Gasteiger partial charge in [-0.1, -0.05) is 30.0 Å². The lowest BCUT2D eigenvalue weighted by Crippen LogP contribution is -2.23. The van der Waals surface area contributed by atoms with Crippen LogP contribution in [0.15, 0.2) is 69.3 Å². The number of thioether (sulfide) groups is 1. The van der Waals surface area contributed by atoms with Gasteiger partial charge in [0.15, 0.2) is 5.16 Å². The molecule has 8 nitrogen and oxygen atoms in total. The molecule has 0 aliphatic heterocycles. The van der Waals surface area contributed by atoms with Gasteiger partial charge >= 0.3 is 5.69 Å². The van der Waals surface area contributed by atoms with E-state index in [2.05, 4.69) is 20.2 Å². The van der Waals surface area contributed by atoms with Crippen molar-refractivity contribution in [2.24, 2.45) is 0 Å². The summed E-state index contributed by atoms with van der Waals surface area (Å²) in [7, 11) is 1.58. The van der Waals surface area contributed by atoms with Crippen LogP contribution in [0.25, 0.3) is 5.69 Å². The van der Waals surface area contributed by atoms with E-state index < -0.39 is 11.2 Å². The van der Waals surface area contributed by atoms with Crippen molar-refractivity contribution in [1.82, 2.24) is 24.7 Å². The second-order valence-electron chi connectivity index (χ2n) is 6.60. The fraction of sp³-hybridized carbons (Fsp3) is 0.143. The molecule has 0 aliphatic carbocycles. The first-order chi connectivity index (χ1) is 15.0. The first kappa shape index (κ1) is 20.6. The van der Waals surface area contributed by atoms with Gasteiger partial charge in [0.25, 0.3) is 5.56 Å². The standard InChI is InChI=1S/C21H18FN5O3S/c1-30-16-8-6-15(7-9-16)27-18(10-14-11-19(28)24-20(29)23-14)25-26-21(27)31-12-13-4-2-3-5-17(13)22/h2-9,11H,10,12H2,1H3,(H2,23,24,28,29). The van der Waals surface area contributed by atoms with Crippen LogP contribution in [0.1, 0.15) is 17.1 Å². The molecule has 0 saturated carbocycles. The Morgan fingerprint density at radius 1 is 1.06 bits per heavy atom. The van der Waals surface area contributed by atoms with Crippen molar-refractivity contribution >= 4 is 11.8 Å². The predicted octanol–water partition coefficient (Wildman–Crippen LogP) is 2.67. The Hall–Kier alpha value is -3.66. The zero-order chi connectivity index (χ0) is 21.8. The maximum Gasteiger partial charge on any atom is 0.325 e. The van der Waals surface area contributed by atoms with Gasteiger partial charge in [-0.05, 0) is 35.9 Å². The topological polar surface area (TPSA) is 106 Å². The average molecular weight is 439 g/mol. The number of nitrogens with zero attached hydrogens (tertiary/aromatic N) is 3. The predicted molar refractivity (Wildman–Crippen MR) is 114 cm³/mol. The minimum Gasteiger partial charge on any atom is -0.497 e. The Morgan fingerprint density at radius 2 is 1.84 bits per heavy atom. The van der Waals surface area contributed by atoms with Crippen molar-refractivity contribution in [2.45, 2.75) is 17.3 Å². The smallest absolute Gasteiger partial charge is 0.325 e. The zero-order valence-electron chi connectivity index (χ0n) is 16.5. The number of ether oxygens (including phenoxy) is 1. The second-order valence-corrected chi connectivity index (χ2v) is 7.54. The monoisotopic (exact) mass is 439 g/mol. The van der Waals surface area contributed by atoms with Crippen LogP contribution < -0.4 is 16.0 Å². The molecule has 0 aliphatic rings. The number of methoxy groups -OCH3 is 1. The number of aromatic nitrogens is 5. The van der Waals surface area contributed by atoms with E-state index in [1.165, 1.54) is 23.9 Å². The van der Waals surface area contributed by atoms with Crippen molar-refractivity contribution < 1.29 is 9.13 Å². The summed E-state index contributed by atoms with van der Waals surface area (Å²) in [6, 6.07) is 15.2. The quantitative estimate of drug-likeness (QED) is 0.429. The van der Waals surface area contributed by atoms with Crippen molar-refractivity contribution in [1.29, 1.82) is 0 Å². The van der Waals surface area contributed by atoms with Gasteiger partial charge < -0.3 is 9.72 Å². The van der Waals surface area contributed by atoms with E-state index in [4.69, 9.17) is 4.74 Å². The number of benzene rings is 2. The molecule has 4 rings (SSSR count). The van der Waals surface area contributed by atoms with Crippen LogP contribution >= 0.6 is 11.8 Å². The molecule has 0 saturated heterocycles. The molecule has 2 N–H and O–H groups in total. The summed E-state index contributed by atoms with van der Waals surface area (Å²) < 4.78 is 21.1. The normalized spacial score (nSPS) is 10.9. The van der Waals surface area contributed by atoms with Crippen molar-refractivity contribution in [3.05, 3.63) is 98.3 Å². The third-order valence-electron chi connectivity index (χ3n) is 4.51. The molecule has 2 heterocycles. The van der Waals surface area contributed by atoms with Gasteiger partial charge in [0.1, 0.15) is 17.4 Å². The number of aromatic amines is 2. The highest BCUT2D eigenvalue weighted by Gasteiger charge is 2.16. The lowest BCUT2D eigenvalue weighted by Gasteiger charge is -2.11. The van der Waals surface area contributed by atoms with Crippen LogP contribution in [0.3, 0.4) is 0 Å². The van der Waals surface area contributed by atoms with Gasteiger partial charge in [0.05, 0.1) is 7.11 Å². The van der Waals surface area contributed by atoms with Crippen LogP contribution in [0.5, 0.6) is 5.75 Å². The van der Waals surface area contributed by atoms with Crippen molar-refractivity contribution in [3.8, 4) is 11.4 Å². The first-order valence-corrected chi connectivity index (χ1v) is 10.3. The van der Waals surface area contributed by atoms with Crippen LogP contribution in [-0.2, 0) is 12.2 Å². The highest BCUT2D eigenvalue weighted by molar-refractivity contribution is 7.98. The van der Waals surface area contributed by atoms with E-state index >= 15 is 0 Å². The molecular formula is C21H18FN5O3S. The number of H-pyrrole nitrogens is 2. The van der Waals surface area contributed by atoms with E-state index in [1.807, 2.05) is 16.7 Å². The third-order valence-corrected chi connectivity index (χ3v) is 5.49. The number of rotatable bonds is 7. The molecule has 158 valence electrons. The summed E-state index contributed by atoms with van der Waals surface area (Å²) in [5.74, 6) is 1.29. The highest BCUT2D eigenvalue weighted by Crippen LogP contribution is 2.27. The minimum atomic E-state index is -0.591. The number of hydrogen-bond donors (Lipinski definition) is 2. The van der Waals surface area contributed by atoms with E-state index in [0.717, 1.165) is 5.69 Å². The molecule has 0 unspecified atom stereocenters. The van der Waals surface area contributed by atoms with E-state index in [1.54, 1.807) is 37.4 Å². The van der Waals surface area contributed by atoms with Gasteiger partial charge in [-0.25, -0.2) is 9.18 Å². The highest BCUT2D eigenvalue weighted by atomic mass is 32.2. The van der Waals surface area contributed by atoms with Gasteiger partial charge in [-0.15, -0.1) is 10.2 Å². The van der Waals surface area contributed by atoms with E-state index in [0.29, 0.717) is 33.7 Å². The number of nitrogens with one attached hydrogen (secondary N) is 2. The zero-order valence-corrected chi connectivity index (χ0v) is 17.3. The largest absolute Gasteiger partial charge is 0.497 e. The summed E-state index contributed by atoms with van der Waals surface area (Å²) in [4.78, 5) is 28.0. The molecule has 0 spiro atoms. The number of halogens is 1. The fourth-order valence-electron chi connectivity index (χ4n) is 3.04. The van der Waals surface area contributed by atoms with Crippen molar-refractivity contribution in [3.63, 3.8) is 0 Å². The number of hydrogen-bond acceptors (Lipinski definition) is 6. The third kappa shape index (κ3) is 4.75. The molecule has 0 atom stereocenters. The Morgan fingerprint density at radius 3 is 2.55 bits per heavy atom. The van der Waals surface area contributed by atoms with Gasteiger partial charge in [0.2, 0.25) is 0 Å². The van der Waals surface area contributed by atoms with Crippen LogP contribution in [-0.4, -0.2) is 31.8 Å². The maximum absolute atomic E-state index is 14.0. The van der Waals surface area contributed by atoms with Crippen LogP contribution in [0, 0.1) is 5.82 Å². The molecule has 0 amide bonds. The lowest BCUT2D eigenvalue weighted by molar-refractivity contribution is 0.414. The van der Waals surface area contributed by atoms with Crippen LogP contribution in [0.4, 0.5) is 4.39 Å². The maximum atomic E-state index is 14.0. The van der Waals surface area contributed by atoms with Gasteiger partial charge in [0, 0.05) is 29.6 Å².